The zero-order chi connectivity index (χ0) is 21.8. The van der Waals surface area contributed by atoms with Crippen LogP contribution in [-0.2, 0) is 20.9 Å². The van der Waals surface area contributed by atoms with Gasteiger partial charge in [-0.15, -0.1) is 0 Å². The minimum atomic E-state index is -0.554. The molecule has 0 unspecified atom stereocenters. The van der Waals surface area contributed by atoms with Crippen molar-refractivity contribution >= 4 is 45.3 Å². The van der Waals surface area contributed by atoms with Gasteiger partial charge in [0.2, 0.25) is 0 Å². The van der Waals surface area contributed by atoms with Crippen LogP contribution >= 0.6 is 15.9 Å². The first-order chi connectivity index (χ1) is 14.2. The zero-order valence-corrected chi connectivity index (χ0v) is 17.7. The molecule has 0 aliphatic carbocycles. The molecule has 0 radical (unpaired) electrons. The molecule has 1 heterocycles. The number of benzene rings is 2. The first-order valence-electron chi connectivity index (χ1n) is 8.83. The number of amides is 2. The fourth-order valence-electron chi connectivity index (χ4n) is 2.85. The Morgan fingerprint density at radius 2 is 1.67 bits per heavy atom. The lowest BCUT2D eigenvalue weighted by Crippen LogP contribution is -2.37. The van der Waals surface area contributed by atoms with Gasteiger partial charge >= 0.3 is 11.9 Å². The largest absolute Gasteiger partial charge is 0.423 e. The third kappa shape index (κ3) is 4.93. The van der Waals surface area contributed by atoms with Crippen molar-refractivity contribution in [2.75, 3.05) is 0 Å². The third-order valence-electron chi connectivity index (χ3n) is 4.06. The normalized spacial score (nSPS) is 14.0. The Kier molecular flexibility index (Phi) is 6.31. The van der Waals surface area contributed by atoms with Gasteiger partial charge in [-0.05, 0) is 35.9 Å². The van der Waals surface area contributed by atoms with E-state index in [0.29, 0.717) is 22.3 Å². The summed E-state index contributed by atoms with van der Waals surface area (Å²) in [5, 5.41) is 5.32. The van der Waals surface area contributed by atoms with Crippen LogP contribution in [0.1, 0.15) is 35.3 Å². The maximum atomic E-state index is 12.3. The Balaban J connectivity index is 1.82. The molecule has 3 rings (SSSR count). The van der Waals surface area contributed by atoms with E-state index in [4.69, 9.17) is 9.47 Å². The van der Waals surface area contributed by atoms with Gasteiger partial charge in [0.1, 0.15) is 0 Å². The highest BCUT2D eigenvalue weighted by atomic mass is 79.9. The van der Waals surface area contributed by atoms with E-state index in [9.17, 15) is 19.2 Å². The lowest BCUT2D eigenvalue weighted by atomic mass is 9.95. The zero-order valence-electron chi connectivity index (χ0n) is 16.1. The van der Waals surface area contributed by atoms with Crippen molar-refractivity contribution < 1.29 is 28.7 Å². The van der Waals surface area contributed by atoms with E-state index in [0.717, 1.165) is 4.47 Å². The lowest BCUT2D eigenvalue weighted by molar-refractivity contribution is -0.134. The average Bonchev–Trinajstić information content (AvgIpc) is 2.65. The molecule has 0 saturated carbocycles. The molecule has 0 aromatic heterocycles. The number of esters is 2. The number of hydrogen-bond donors (Lipinski definition) is 2. The van der Waals surface area contributed by atoms with Gasteiger partial charge in [0.05, 0.1) is 5.57 Å². The van der Waals surface area contributed by atoms with Crippen LogP contribution in [0.4, 0.5) is 0 Å². The van der Waals surface area contributed by atoms with Crippen LogP contribution in [0.2, 0.25) is 0 Å². The second kappa shape index (κ2) is 8.91. The quantitative estimate of drug-likeness (QED) is 0.297. The predicted molar refractivity (Wildman–Crippen MR) is 110 cm³/mol. The van der Waals surface area contributed by atoms with Crippen molar-refractivity contribution in [1.82, 2.24) is 10.6 Å². The molecule has 2 aromatic rings. The van der Waals surface area contributed by atoms with Crippen LogP contribution in [0.25, 0.3) is 5.57 Å². The third-order valence-corrected chi connectivity index (χ3v) is 4.55. The molecule has 2 N–H and O–H groups in total. The fourth-order valence-corrected chi connectivity index (χ4v) is 3.21. The molecule has 9 heteroatoms. The van der Waals surface area contributed by atoms with Crippen LogP contribution in [0.3, 0.4) is 0 Å². The molecule has 0 fully saturated rings. The summed E-state index contributed by atoms with van der Waals surface area (Å²) in [7, 11) is 0. The van der Waals surface area contributed by atoms with Crippen molar-refractivity contribution in [2.24, 2.45) is 0 Å². The van der Waals surface area contributed by atoms with E-state index in [2.05, 4.69) is 26.6 Å². The molecule has 2 amide bonds. The van der Waals surface area contributed by atoms with E-state index in [1.807, 2.05) is 0 Å². The van der Waals surface area contributed by atoms with Crippen LogP contribution in [-0.4, -0.2) is 23.8 Å². The number of hydrogen-bond acceptors (Lipinski definition) is 7. The summed E-state index contributed by atoms with van der Waals surface area (Å²) >= 11 is 3.35. The van der Waals surface area contributed by atoms with Crippen LogP contribution in [0.15, 0.2) is 47.1 Å². The molecule has 0 atom stereocenters. The Labute approximate surface area is 180 Å². The highest BCUT2D eigenvalue weighted by Gasteiger charge is 2.27. The molecule has 8 nitrogen and oxygen atoms in total. The van der Waals surface area contributed by atoms with E-state index in [-0.39, 0.29) is 18.0 Å². The molecular weight excluding hydrogens is 456 g/mol. The molecule has 0 spiro atoms. The van der Waals surface area contributed by atoms with Gasteiger partial charge in [-0.2, -0.15) is 0 Å². The molecule has 154 valence electrons. The number of halogens is 1. The predicted octanol–water partition coefficient (Wildman–Crippen LogP) is 2.70. The van der Waals surface area contributed by atoms with Crippen molar-refractivity contribution in [2.45, 2.75) is 20.4 Å². The summed E-state index contributed by atoms with van der Waals surface area (Å²) < 4.78 is 10.9. The Bertz CT molecular complexity index is 1090. The van der Waals surface area contributed by atoms with Crippen molar-refractivity contribution in [3.8, 4) is 11.5 Å². The van der Waals surface area contributed by atoms with E-state index in [1.54, 1.807) is 30.3 Å². The summed E-state index contributed by atoms with van der Waals surface area (Å²) in [6.07, 6.45) is 1.51. The molecule has 1 aliphatic heterocycles. The van der Waals surface area contributed by atoms with Gasteiger partial charge in [0.15, 0.2) is 11.5 Å². The first-order valence-corrected chi connectivity index (χ1v) is 9.63. The Morgan fingerprint density at radius 1 is 0.967 bits per heavy atom. The number of ether oxygens (including phenoxy) is 2. The highest BCUT2D eigenvalue weighted by Crippen LogP contribution is 2.29. The Morgan fingerprint density at radius 3 is 2.37 bits per heavy atom. The van der Waals surface area contributed by atoms with Gasteiger partial charge < -0.3 is 14.8 Å². The average molecular weight is 473 g/mol. The number of nitrogens with one attached hydrogen (secondary N) is 2. The van der Waals surface area contributed by atoms with Gasteiger partial charge in [-0.3, -0.25) is 24.5 Å². The summed E-state index contributed by atoms with van der Waals surface area (Å²) in [6.45, 7) is 2.77. The number of fused-ring (bicyclic) bond motifs is 1. The Hall–Kier alpha value is -3.46. The minimum absolute atomic E-state index is 0.111. The van der Waals surface area contributed by atoms with Gasteiger partial charge in [-0.1, -0.05) is 22.0 Å². The van der Waals surface area contributed by atoms with Crippen molar-refractivity contribution in [3.63, 3.8) is 0 Å². The topological polar surface area (TPSA) is 111 Å². The molecule has 0 bridgehead atoms. The smallest absolute Gasteiger partial charge is 0.308 e. The van der Waals surface area contributed by atoms with Gasteiger partial charge in [0.25, 0.3) is 11.8 Å². The number of imide groups is 1. The van der Waals surface area contributed by atoms with E-state index in [1.165, 1.54) is 26.1 Å². The van der Waals surface area contributed by atoms with E-state index >= 15 is 0 Å². The molecule has 2 aromatic carbocycles. The van der Waals surface area contributed by atoms with Crippen LogP contribution in [0, 0.1) is 0 Å². The summed E-state index contributed by atoms with van der Waals surface area (Å²) in [6, 6.07) is 9.81. The number of carbonyl (C=O) groups excluding carboxylic acids is 4. The van der Waals surface area contributed by atoms with Gasteiger partial charge in [0, 0.05) is 42.2 Å². The maximum absolute atomic E-state index is 12.3. The second-order valence-electron chi connectivity index (χ2n) is 6.38. The standard InChI is InChI=1S/C21H17BrN2O6/c1-11(25)29-18-6-3-13(7-19(18)30-12(2)26)9-23-10-17-16-8-14(22)4-5-15(16)20(27)24-21(17)28/h3-8,10,23H,9H2,1-2H3,(H,24,27,28). The summed E-state index contributed by atoms with van der Waals surface area (Å²) in [4.78, 5) is 46.8. The van der Waals surface area contributed by atoms with Gasteiger partial charge in [-0.25, -0.2) is 0 Å². The fraction of sp³-hybridized carbons (Fsp3) is 0.143. The SMILES string of the molecule is CC(=O)Oc1ccc(CNC=C2C(=O)NC(=O)c3ccc(Br)cc32)cc1OC(C)=O. The van der Waals surface area contributed by atoms with E-state index < -0.39 is 23.8 Å². The summed E-state index contributed by atoms with van der Waals surface area (Å²) in [5.41, 5.74) is 1.92. The van der Waals surface area contributed by atoms with Crippen LogP contribution < -0.4 is 20.1 Å². The van der Waals surface area contributed by atoms with Crippen molar-refractivity contribution in [3.05, 3.63) is 63.8 Å². The lowest BCUT2D eigenvalue weighted by Gasteiger charge is -2.18. The molecule has 30 heavy (non-hydrogen) atoms. The second-order valence-corrected chi connectivity index (χ2v) is 7.30. The first kappa shape index (κ1) is 21.3. The number of rotatable bonds is 5. The molecule has 0 saturated heterocycles. The maximum Gasteiger partial charge on any atom is 0.308 e. The monoisotopic (exact) mass is 472 g/mol. The summed E-state index contributed by atoms with van der Waals surface area (Å²) in [5.74, 6) is -1.82. The number of carbonyl (C=O) groups is 4. The highest BCUT2D eigenvalue weighted by molar-refractivity contribution is 9.10. The minimum Gasteiger partial charge on any atom is -0.423 e. The molecular formula is C21H17BrN2O6. The molecule has 1 aliphatic rings. The van der Waals surface area contributed by atoms with Crippen molar-refractivity contribution in [1.29, 1.82) is 0 Å². The van der Waals surface area contributed by atoms with Crippen LogP contribution in [0.5, 0.6) is 11.5 Å².